The van der Waals surface area contributed by atoms with Crippen molar-refractivity contribution in [1.82, 2.24) is 4.90 Å². The number of aliphatic hydroxyl groups is 3. The summed E-state index contributed by atoms with van der Waals surface area (Å²) in [5.74, 6) is -5.27. The number of aliphatic hydroxyl groups excluding tert-OH is 2. The Morgan fingerprint density at radius 2 is 1.62 bits per heavy atom. The molecule has 10 atom stereocenters. The second kappa shape index (κ2) is 13.6. The minimum absolute atomic E-state index is 0.0110. The first-order valence-corrected chi connectivity index (χ1v) is 15.5. The molecule has 0 aromatic rings. The van der Waals surface area contributed by atoms with E-state index in [0.29, 0.717) is 32.1 Å². The summed E-state index contributed by atoms with van der Waals surface area (Å²) in [7, 11) is 0. The lowest BCUT2D eigenvalue weighted by Gasteiger charge is -2.43. The number of amides is 1. The van der Waals surface area contributed by atoms with Crippen molar-refractivity contribution in [2.45, 2.75) is 136 Å². The van der Waals surface area contributed by atoms with Gasteiger partial charge in [-0.25, -0.2) is 4.79 Å². The molecule has 0 aromatic heterocycles. The van der Waals surface area contributed by atoms with Gasteiger partial charge in [-0.3, -0.25) is 9.59 Å². The predicted octanol–water partition coefficient (Wildman–Crippen LogP) is 3.46. The maximum atomic E-state index is 13.6. The summed E-state index contributed by atoms with van der Waals surface area (Å²) < 4.78 is 11.9. The van der Waals surface area contributed by atoms with Gasteiger partial charge >= 0.3 is 5.97 Å². The Hall–Kier alpha value is -1.55. The van der Waals surface area contributed by atoms with Crippen LogP contribution in [-0.4, -0.2) is 80.7 Å². The average molecular weight is 568 g/mol. The Morgan fingerprint density at radius 3 is 2.25 bits per heavy atom. The van der Waals surface area contributed by atoms with E-state index < -0.39 is 53.7 Å². The van der Waals surface area contributed by atoms with Crippen molar-refractivity contribution >= 4 is 17.7 Å². The maximum Gasteiger partial charge on any atom is 0.329 e. The number of ether oxygens (including phenoxy) is 2. The third-order valence-corrected chi connectivity index (χ3v) is 9.74. The lowest BCUT2D eigenvalue weighted by molar-refractivity contribution is -0.269. The molecule has 2 aliphatic heterocycles. The summed E-state index contributed by atoms with van der Waals surface area (Å²) in [6.45, 7) is 13.7. The van der Waals surface area contributed by atoms with E-state index in [1.807, 2.05) is 41.5 Å². The molecule has 3 rings (SSSR count). The van der Waals surface area contributed by atoms with Crippen molar-refractivity contribution in [2.75, 3.05) is 6.54 Å². The molecule has 9 heteroatoms. The fourth-order valence-corrected chi connectivity index (χ4v) is 6.89. The fraction of sp³-hybridized carbons (Fsp3) is 0.903. The fourth-order valence-electron chi connectivity index (χ4n) is 6.89. The number of ketones is 1. The van der Waals surface area contributed by atoms with E-state index in [9.17, 15) is 29.7 Å². The second-order valence-electron chi connectivity index (χ2n) is 13.6. The van der Waals surface area contributed by atoms with Gasteiger partial charge in [-0.2, -0.15) is 0 Å². The van der Waals surface area contributed by atoms with Gasteiger partial charge < -0.3 is 29.7 Å². The normalized spacial score (nSPS) is 36.8. The molecule has 1 amide bonds. The molecular formula is C31H53NO8. The van der Waals surface area contributed by atoms with Crippen LogP contribution in [0, 0.1) is 35.5 Å². The minimum Gasteiger partial charge on any atom is -0.460 e. The molecule has 40 heavy (non-hydrogen) atoms. The van der Waals surface area contributed by atoms with E-state index >= 15 is 0 Å². The highest BCUT2D eigenvalue weighted by Gasteiger charge is 2.53. The van der Waals surface area contributed by atoms with Crippen LogP contribution in [0.25, 0.3) is 0 Å². The van der Waals surface area contributed by atoms with E-state index in [4.69, 9.17) is 9.47 Å². The zero-order chi connectivity index (χ0) is 29.9. The van der Waals surface area contributed by atoms with Gasteiger partial charge in [-0.05, 0) is 81.0 Å². The minimum atomic E-state index is -2.21. The van der Waals surface area contributed by atoms with Gasteiger partial charge in [-0.15, -0.1) is 0 Å². The van der Waals surface area contributed by atoms with Crippen molar-refractivity contribution < 1.29 is 39.2 Å². The number of carbonyl (C=O) groups is 3. The molecule has 0 bridgehead atoms. The Morgan fingerprint density at radius 1 is 0.950 bits per heavy atom. The molecular weight excluding hydrogens is 514 g/mol. The highest BCUT2D eigenvalue weighted by atomic mass is 16.6. The molecule has 1 aliphatic carbocycles. The van der Waals surface area contributed by atoms with E-state index in [1.165, 1.54) is 4.90 Å². The zero-order valence-corrected chi connectivity index (χ0v) is 25.5. The van der Waals surface area contributed by atoms with Gasteiger partial charge in [-0.1, -0.05) is 48.5 Å². The quantitative estimate of drug-likeness (QED) is 0.285. The van der Waals surface area contributed by atoms with E-state index in [0.717, 1.165) is 19.3 Å². The average Bonchev–Trinajstić information content (AvgIpc) is 2.92. The van der Waals surface area contributed by atoms with Crippen LogP contribution in [0.1, 0.15) is 99.8 Å². The van der Waals surface area contributed by atoms with Crippen LogP contribution >= 0.6 is 0 Å². The lowest BCUT2D eigenvalue weighted by Crippen LogP contribution is -2.61. The molecule has 1 saturated carbocycles. The maximum absolute atomic E-state index is 13.6. The molecule has 9 nitrogen and oxygen atoms in total. The third-order valence-electron chi connectivity index (χ3n) is 9.74. The Kier molecular flexibility index (Phi) is 11.2. The summed E-state index contributed by atoms with van der Waals surface area (Å²) in [6, 6.07) is -0.912. The Labute approximate surface area is 240 Å². The van der Waals surface area contributed by atoms with Crippen molar-refractivity contribution in [3.63, 3.8) is 0 Å². The first-order valence-electron chi connectivity index (χ1n) is 15.5. The third kappa shape index (κ3) is 7.08. The molecule has 0 radical (unpaired) electrons. The summed E-state index contributed by atoms with van der Waals surface area (Å²) in [4.78, 5) is 41.8. The second-order valence-corrected chi connectivity index (χ2v) is 13.6. The van der Waals surface area contributed by atoms with Gasteiger partial charge in [0, 0.05) is 12.5 Å². The number of piperidine rings is 1. The van der Waals surface area contributed by atoms with Gasteiger partial charge in [0.25, 0.3) is 11.7 Å². The topological polar surface area (TPSA) is 134 Å². The standard InChI is InChI=1S/C31H53NO8/c1-17(2)24-14-12-21(7)31(38,40-24)28(35)29(36)32-15-9-8-10-23(32)30(37)39-27(18(3)4)20(6)16-22-13-11-19(5)25(33)26(22)34/h17-27,33-34,38H,8-16H2,1-7H3/t19-,20-,21-,22+,23+,24?,25+,26+,27+,31-/m1/s1. The molecule has 1 unspecified atom stereocenters. The van der Waals surface area contributed by atoms with Crippen molar-refractivity contribution in [3.8, 4) is 0 Å². The summed E-state index contributed by atoms with van der Waals surface area (Å²) in [6.07, 6.45) is 2.90. The van der Waals surface area contributed by atoms with Crippen molar-refractivity contribution in [2.24, 2.45) is 35.5 Å². The molecule has 3 fully saturated rings. The number of rotatable bonds is 9. The zero-order valence-electron chi connectivity index (χ0n) is 25.5. The first kappa shape index (κ1) is 33.0. The number of carbonyl (C=O) groups excluding carboxylic acids is 3. The van der Waals surface area contributed by atoms with Gasteiger partial charge in [0.15, 0.2) is 0 Å². The number of Topliss-reactive ketones (excluding diaryl/α,β-unsaturated/α-hetero) is 1. The molecule has 3 N–H and O–H groups in total. The summed E-state index contributed by atoms with van der Waals surface area (Å²) in [5.41, 5.74) is 0. The molecule has 3 aliphatic rings. The van der Waals surface area contributed by atoms with Crippen molar-refractivity contribution in [3.05, 3.63) is 0 Å². The Balaban J connectivity index is 1.71. The Bertz CT molecular complexity index is 893. The van der Waals surface area contributed by atoms with Gasteiger partial charge in [0.05, 0.1) is 18.3 Å². The number of nitrogens with zero attached hydrogens (tertiary/aromatic N) is 1. The van der Waals surface area contributed by atoms with E-state index in [2.05, 4.69) is 0 Å². The molecule has 0 aromatic carbocycles. The monoisotopic (exact) mass is 567 g/mol. The molecule has 2 heterocycles. The van der Waals surface area contributed by atoms with Crippen LogP contribution in [0.5, 0.6) is 0 Å². The lowest BCUT2D eigenvalue weighted by atomic mass is 9.73. The van der Waals surface area contributed by atoms with Crippen LogP contribution in [0.15, 0.2) is 0 Å². The SMILES string of the molecule is CC(C)C1CC[C@@H](C)[C@](O)(C(=O)C(=O)N2CCCC[C@H]2C(=O)O[C@@H](C(C)C)[C@H](C)C[C@@H]2CC[C@@H](C)[C@H](O)[C@H]2O)O1. The van der Waals surface area contributed by atoms with Crippen LogP contribution in [0.3, 0.4) is 0 Å². The molecule has 230 valence electrons. The first-order chi connectivity index (χ1) is 18.7. The van der Waals surface area contributed by atoms with Gasteiger partial charge in [0.1, 0.15) is 12.1 Å². The van der Waals surface area contributed by atoms with Crippen LogP contribution in [0.4, 0.5) is 0 Å². The van der Waals surface area contributed by atoms with Crippen LogP contribution in [0.2, 0.25) is 0 Å². The van der Waals surface area contributed by atoms with Crippen molar-refractivity contribution in [1.29, 1.82) is 0 Å². The predicted molar refractivity (Wildman–Crippen MR) is 150 cm³/mol. The summed E-state index contributed by atoms with van der Waals surface area (Å²) in [5, 5.41) is 32.3. The smallest absolute Gasteiger partial charge is 0.329 e. The number of esters is 1. The number of hydrogen-bond donors (Lipinski definition) is 3. The summed E-state index contributed by atoms with van der Waals surface area (Å²) >= 11 is 0. The number of likely N-dealkylation sites (tertiary alicyclic amines) is 1. The largest absolute Gasteiger partial charge is 0.460 e. The molecule has 2 saturated heterocycles. The van der Waals surface area contributed by atoms with E-state index in [1.54, 1.807) is 6.92 Å². The number of hydrogen-bond acceptors (Lipinski definition) is 8. The van der Waals surface area contributed by atoms with Crippen LogP contribution < -0.4 is 0 Å². The van der Waals surface area contributed by atoms with Crippen LogP contribution in [-0.2, 0) is 23.9 Å². The van der Waals surface area contributed by atoms with E-state index in [-0.39, 0.29) is 42.2 Å². The van der Waals surface area contributed by atoms with Gasteiger partial charge in [0.2, 0.25) is 5.79 Å². The highest BCUT2D eigenvalue weighted by molar-refractivity contribution is 6.39. The molecule has 0 spiro atoms. The highest BCUT2D eigenvalue weighted by Crippen LogP contribution is 2.37.